The Balaban J connectivity index is 1.50. The Hall–Kier alpha value is -3.23. The van der Waals surface area contributed by atoms with E-state index in [1.807, 2.05) is 0 Å². The van der Waals surface area contributed by atoms with Crippen molar-refractivity contribution in [2.24, 2.45) is 0 Å². The molecule has 1 saturated carbocycles. The molecular weight excluding hydrogens is 400 g/mol. The van der Waals surface area contributed by atoms with Gasteiger partial charge in [-0.25, -0.2) is 4.39 Å². The number of hydrogen-bond acceptors (Lipinski definition) is 5. The van der Waals surface area contributed by atoms with E-state index < -0.39 is 11.8 Å². The first-order valence-electron chi connectivity index (χ1n) is 9.40. The summed E-state index contributed by atoms with van der Waals surface area (Å²) in [6.45, 7) is 0.433. The second-order valence-corrected chi connectivity index (χ2v) is 7.17. The first kappa shape index (κ1) is 20.1. The van der Waals surface area contributed by atoms with E-state index in [9.17, 15) is 17.6 Å². The van der Waals surface area contributed by atoms with Gasteiger partial charge in [-0.15, -0.1) is 23.4 Å². The molecule has 0 atom stereocenters. The van der Waals surface area contributed by atoms with Crippen molar-refractivity contribution in [1.29, 1.82) is 0 Å². The van der Waals surface area contributed by atoms with Crippen LogP contribution in [-0.4, -0.2) is 28.1 Å². The minimum Gasteiger partial charge on any atom is -0.405 e. The quantitative estimate of drug-likeness (QED) is 0.564. The van der Waals surface area contributed by atoms with E-state index in [1.54, 1.807) is 30.5 Å². The van der Waals surface area contributed by atoms with E-state index in [1.165, 1.54) is 24.3 Å². The Morgan fingerprint density at radius 1 is 1.00 bits per heavy atom. The molecule has 0 saturated heterocycles. The van der Waals surface area contributed by atoms with Crippen LogP contribution in [0.2, 0.25) is 0 Å². The molecule has 3 aromatic rings. The molecule has 1 N–H and O–H groups in total. The lowest BCUT2D eigenvalue weighted by Gasteiger charge is -2.41. The number of halogens is 4. The van der Waals surface area contributed by atoms with E-state index in [0.29, 0.717) is 18.1 Å². The van der Waals surface area contributed by atoms with E-state index in [4.69, 9.17) is 0 Å². The maximum absolute atomic E-state index is 14.2. The zero-order valence-electron chi connectivity index (χ0n) is 15.8. The zero-order chi connectivity index (χ0) is 21.2. The molecule has 0 spiro atoms. The number of anilines is 1. The maximum atomic E-state index is 14.2. The summed E-state index contributed by atoms with van der Waals surface area (Å²) in [7, 11) is 0. The van der Waals surface area contributed by atoms with Crippen molar-refractivity contribution in [3.8, 4) is 17.0 Å². The van der Waals surface area contributed by atoms with Gasteiger partial charge in [-0.3, -0.25) is 4.98 Å². The minimum atomic E-state index is -4.80. The molecule has 1 aromatic carbocycles. The summed E-state index contributed by atoms with van der Waals surface area (Å²) < 4.78 is 56.1. The van der Waals surface area contributed by atoms with Gasteiger partial charge in [0.05, 0.1) is 11.4 Å². The van der Waals surface area contributed by atoms with E-state index >= 15 is 0 Å². The standard InChI is InChI=1S/C21H18F4N4O/c22-15-6-3-12-26-19(15)20(10-4-11-20)13-27-18-9-8-16(28-29-18)14-5-1-2-7-17(14)30-21(23,24)25/h1-3,5-9,12H,4,10-11,13H2,(H,27,29). The summed E-state index contributed by atoms with van der Waals surface area (Å²) in [6, 6.07) is 11.9. The van der Waals surface area contributed by atoms with Gasteiger partial charge in [-0.2, -0.15) is 0 Å². The van der Waals surface area contributed by atoms with Crippen LogP contribution in [0.3, 0.4) is 0 Å². The predicted molar refractivity (Wildman–Crippen MR) is 102 cm³/mol. The molecule has 5 nitrogen and oxygen atoms in total. The normalized spacial score (nSPS) is 15.3. The lowest BCUT2D eigenvalue weighted by Crippen LogP contribution is -2.42. The summed E-state index contributed by atoms with van der Waals surface area (Å²) in [4.78, 5) is 4.22. The summed E-state index contributed by atoms with van der Waals surface area (Å²) in [5.74, 6) is -0.239. The average molecular weight is 418 g/mol. The number of hydrogen-bond donors (Lipinski definition) is 1. The van der Waals surface area contributed by atoms with Crippen LogP contribution in [0.25, 0.3) is 11.3 Å². The number of rotatable bonds is 6. The highest BCUT2D eigenvalue weighted by molar-refractivity contribution is 5.67. The Morgan fingerprint density at radius 3 is 2.43 bits per heavy atom. The Bertz CT molecular complexity index is 1020. The van der Waals surface area contributed by atoms with Gasteiger partial charge in [0, 0.05) is 23.7 Å². The molecule has 0 aliphatic heterocycles. The Morgan fingerprint density at radius 2 is 1.80 bits per heavy atom. The Kier molecular flexibility index (Phi) is 5.27. The van der Waals surface area contributed by atoms with Crippen LogP contribution < -0.4 is 10.1 Å². The fourth-order valence-electron chi connectivity index (χ4n) is 3.60. The molecular formula is C21H18F4N4O. The topological polar surface area (TPSA) is 59.9 Å². The molecule has 2 heterocycles. The van der Waals surface area contributed by atoms with Crippen LogP contribution in [0.5, 0.6) is 5.75 Å². The van der Waals surface area contributed by atoms with Crippen molar-refractivity contribution >= 4 is 5.82 Å². The van der Waals surface area contributed by atoms with Gasteiger partial charge in [-0.05, 0) is 49.2 Å². The lowest BCUT2D eigenvalue weighted by atomic mass is 9.66. The predicted octanol–water partition coefficient (Wildman–Crippen LogP) is 5.11. The fraction of sp³-hybridized carbons (Fsp3) is 0.286. The molecule has 9 heteroatoms. The number of para-hydroxylation sites is 1. The maximum Gasteiger partial charge on any atom is 0.573 e. The molecule has 30 heavy (non-hydrogen) atoms. The minimum absolute atomic E-state index is 0.180. The van der Waals surface area contributed by atoms with Crippen LogP contribution in [0.1, 0.15) is 25.0 Å². The number of nitrogens with one attached hydrogen (secondary N) is 1. The van der Waals surface area contributed by atoms with E-state index in [2.05, 4.69) is 25.2 Å². The molecule has 2 aromatic heterocycles. The van der Waals surface area contributed by atoms with Crippen LogP contribution >= 0.6 is 0 Å². The number of nitrogens with zero attached hydrogens (tertiary/aromatic N) is 3. The second kappa shape index (κ2) is 7.89. The molecule has 0 radical (unpaired) electrons. The summed E-state index contributed by atoms with van der Waals surface area (Å²) in [6.07, 6.45) is -0.627. The van der Waals surface area contributed by atoms with Gasteiger partial charge in [-0.1, -0.05) is 18.6 Å². The van der Waals surface area contributed by atoms with Gasteiger partial charge < -0.3 is 10.1 Å². The molecule has 1 fully saturated rings. The summed E-state index contributed by atoms with van der Waals surface area (Å²) in [5, 5.41) is 11.2. The van der Waals surface area contributed by atoms with Crippen LogP contribution in [0.15, 0.2) is 54.7 Å². The van der Waals surface area contributed by atoms with Crippen molar-refractivity contribution in [2.45, 2.75) is 31.0 Å². The molecule has 0 bridgehead atoms. The third-order valence-corrected chi connectivity index (χ3v) is 5.23. The van der Waals surface area contributed by atoms with Crippen molar-refractivity contribution < 1.29 is 22.3 Å². The first-order chi connectivity index (χ1) is 14.4. The molecule has 0 amide bonds. The molecule has 4 rings (SSSR count). The van der Waals surface area contributed by atoms with Crippen molar-refractivity contribution in [1.82, 2.24) is 15.2 Å². The largest absolute Gasteiger partial charge is 0.573 e. The molecule has 156 valence electrons. The van der Waals surface area contributed by atoms with Gasteiger partial charge in [0.2, 0.25) is 0 Å². The first-order valence-corrected chi connectivity index (χ1v) is 9.40. The highest BCUT2D eigenvalue weighted by Gasteiger charge is 2.41. The second-order valence-electron chi connectivity index (χ2n) is 7.17. The van der Waals surface area contributed by atoms with Gasteiger partial charge >= 0.3 is 6.36 Å². The van der Waals surface area contributed by atoms with Gasteiger partial charge in [0.1, 0.15) is 17.4 Å². The SMILES string of the molecule is Fc1cccnc1C1(CNc2ccc(-c3ccccc3OC(F)(F)F)nn2)CCC1. The molecule has 1 aliphatic rings. The highest BCUT2D eigenvalue weighted by atomic mass is 19.4. The van der Waals surface area contributed by atoms with E-state index in [0.717, 1.165) is 19.3 Å². The van der Waals surface area contributed by atoms with Crippen molar-refractivity contribution in [2.75, 3.05) is 11.9 Å². The lowest BCUT2D eigenvalue weighted by molar-refractivity contribution is -0.274. The molecule has 0 unspecified atom stereocenters. The van der Waals surface area contributed by atoms with E-state index in [-0.39, 0.29) is 22.8 Å². The molecule has 1 aliphatic carbocycles. The highest BCUT2D eigenvalue weighted by Crippen LogP contribution is 2.43. The fourth-order valence-corrected chi connectivity index (χ4v) is 3.60. The van der Waals surface area contributed by atoms with Gasteiger partial charge in [0.25, 0.3) is 0 Å². The summed E-state index contributed by atoms with van der Waals surface area (Å²) >= 11 is 0. The number of pyridine rings is 1. The van der Waals surface area contributed by atoms with Crippen LogP contribution in [0.4, 0.5) is 23.4 Å². The van der Waals surface area contributed by atoms with Crippen LogP contribution in [-0.2, 0) is 5.41 Å². The third kappa shape index (κ3) is 4.19. The monoisotopic (exact) mass is 418 g/mol. The van der Waals surface area contributed by atoms with Crippen LogP contribution in [0, 0.1) is 5.82 Å². The van der Waals surface area contributed by atoms with Gasteiger partial charge in [0.15, 0.2) is 0 Å². The van der Waals surface area contributed by atoms with Crippen molar-refractivity contribution in [3.05, 3.63) is 66.2 Å². The average Bonchev–Trinajstić information content (AvgIpc) is 2.68. The third-order valence-electron chi connectivity index (χ3n) is 5.23. The van der Waals surface area contributed by atoms with Crippen molar-refractivity contribution in [3.63, 3.8) is 0 Å². The number of ether oxygens (including phenoxy) is 1. The zero-order valence-corrected chi connectivity index (χ0v) is 15.8. The Labute approximate surface area is 170 Å². The summed E-state index contributed by atoms with van der Waals surface area (Å²) in [5.41, 5.74) is 0.458. The smallest absolute Gasteiger partial charge is 0.405 e. The number of aromatic nitrogens is 3. The number of benzene rings is 1. The number of alkyl halides is 3.